The fourth-order valence-corrected chi connectivity index (χ4v) is 2.35. The number of aromatic carboxylic acids is 2. The van der Waals surface area contributed by atoms with Gasteiger partial charge >= 0.3 is 11.9 Å². The number of carboxylic acid groups (broad SMARTS) is 2. The largest absolute Gasteiger partial charge is 0.478 e. The van der Waals surface area contributed by atoms with Crippen LogP contribution in [0.2, 0.25) is 0 Å². The summed E-state index contributed by atoms with van der Waals surface area (Å²) in [5.74, 6) is -5.08. The van der Waals surface area contributed by atoms with Crippen LogP contribution in [-0.2, 0) is 0 Å². The Hall–Kier alpha value is -1.87. The molecule has 0 saturated carbocycles. The third-order valence-electron chi connectivity index (χ3n) is 2.40. The van der Waals surface area contributed by atoms with E-state index in [0.29, 0.717) is 6.07 Å². The van der Waals surface area contributed by atoms with Gasteiger partial charge in [-0.1, -0.05) is 0 Å². The molecule has 0 spiro atoms. The maximum atomic E-state index is 12.5. The molecule has 2 aromatic carbocycles. The van der Waals surface area contributed by atoms with Gasteiger partial charge in [-0.3, -0.25) is 0 Å². The minimum Gasteiger partial charge on any atom is -0.478 e. The highest BCUT2D eigenvalue weighted by Crippen LogP contribution is 2.20. The Morgan fingerprint density at radius 3 is 1.74 bits per heavy atom. The molecule has 23 heavy (non-hydrogen) atoms. The van der Waals surface area contributed by atoms with Crippen LogP contribution in [0.5, 0.6) is 0 Å². The highest BCUT2D eigenvalue weighted by molar-refractivity contribution is 9.10. The number of rotatable bonds is 2. The molecule has 0 fully saturated rings. The van der Waals surface area contributed by atoms with E-state index in [0.717, 1.165) is 18.2 Å². The number of hydrogen-bond donors (Lipinski definition) is 2. The minimum absolute atomic E-state index is 0.0221. The van der Waals surface area contributed by atoms with E-state index >= 15 is 0 Å². The van der Waals surface area contributed by atoms with Crippen molar-refractivity contribution < 1.29 is 33.0 Å². The summed E-state index contributed by atoms with van der Waals surface area (Å²) in [4.78, 5) is 20.7. The zero-order valence-corrected chi connectivity index (χ0v) is 14.2. The maximum Gasteiger partial charge on any atom is 0.336 e. The van der Waals surface area contributed by atoms with Crippen LogP contribution in [-0.4, -0.2) is 22.2 Å². The molecule has 122 valence electrons. The van der Waals surface area contributed by atoms with Gasteiger partial charge in [-0.2, -0.15) is 0 Å². The van der Waals surface area contributed by atoms with Crippen LogP contribution in [0.1, 0.15) is 20.7 Å². The summed E-state index contributed by atoms with van der Waals surface area (Å²) in [5, 5.41) is 17.0. The standard InChI is InChI=1S/C7H3BrF2O2.C7H4BrFO2/c8-4-2-6(10)5(9)1-3(4)7(11)12;8-6-3-4(9)1-2-5(6)7(10)11/h1-2H,(H,11,12);1-3H,(H,10,11). The molecule has 2 aromatic rings. The van der Waals surface area contributed by atoms with Gasteiger partial charge in [-0.25, -0.2) is 22.8 Å². The van der Waals surface area contributed by atoms with Gasteiger partial charge in [0.1, 0.15) is 5.82 Å². The number of carboxylic acids is 2. The van der Waals surface area contributed by atoms with Crippen LogP contribution in [0.25, 0.3) is 0 Å². The van der Waals surface area contributed by atoms with Crippen LogP contribution >= 0.6 is 31.9 Å². The van der Waals surface area contributed by atoms with E-state index in [4.69, 9.17) is 10.2 Å². The van der Waals surface area contributed by atoms with Gasteiger partial charge in [0, 0.05) is 8.95 Å². The van der Waals surface area contributed by atoms with Crippen LogP contribution in [0, 0.1) is 17.5 Å². The van der Waals surface area contributed by atoms with E-state index in [2.05, 4.69) is 31.9 Å². The van der Waals surface area contributed by atoms with Crippen molar-refractivity contribution >= 4 is 43.8 Å². The average Bonchev–Trinajstić information content (AvgIpc) is 2.42. The second-order valence-electron chi connectivity index (χ2n) is 3.98. The Bertz CT molecular complexity index is 766. The van der Waals surface area contributed by atoms with E-state index in [-0.39, 0.29) is 20.1 Å². The SMILES string of the molecule is O=C(O)c1cc(F)c(F)cc1Br.O=C(O)c1ccc(F)cc1Br. The summed E-state index contributed by atoms with van der Waals surface area (Å²) in [6, 6.07) is 4.83. The summed E-state index contributed by atoms with van der Waals surface area (Å²) in [6.45, 7) is 0. The summed E-state index contributed by atoms with van der Waals surface area (Å²) < 4.78 is 37.6. The van der Waals surface area contributed by atoms with Crippen molar-refractivity contribution in [3.8, 4) is 0 Å². The molecule has 0 aliphatic heterocycles. The Kier molecular flexibility index (Phi) is 6.77. The Balaban J connectivity index is 0.000000231. The van der Waals surface area contributed by atoms with Gasteiger partial charge in [0.15, 0.2) is 11.6 Å². The molecule has 0 aliphatic rings. The molecule has 0 heterocycles. The van der Waals surface area contributed by atoms with E-state index < -0.39 is 29.4 Å². The first-order chi connectivity index (χ1) is 10.6. The lowest BCUT2D eigenvalue weighted by Gasteiger charge is -1.99. The van der Waals surface area contributed by atoms with Crippen molar-refractivity contribution in [3.05, 3.63) is 67.9 Å². The van der Waals surface area contributed by atoms with Gasteiger partial charge in [0.25, 0.3) is 0 Å². The molecule has 0 saturated heterocycles. The molecule has 0 aromatic heterocycles. The van der Waals surface area contributed by atoms with E-state index in [1.165, 1.54) is 6.07 Å². The molecule has 2 rings (SSSR count). The topological polar surface area (TPSA) is 74.6 Å². The molecule has 4 nitrogen and oxygen atoms in total. The molecule has 0 atom stereocenters. The Labute approximate surface area is 144 Å². The number of benzene rings is 2. The van der Waals surface area contributed by atoms with Gasteiger partial charge in [-0.05, 0) is 62.2 Å². The van der Waals surface area contributed by atoms with Crippen molar-refractivity contribution in [2.24, 2.45) is 0 Å². The van der Waals surface area contributed by atoms with Crippen LogP contribution in [0.15, 0.2) is 39.3 Å². The molecular weight excluding hydrogens is 449 g/mol. The molecule has 0 aliphatic carbocycles. The Morgan fingerprint density at radius 1 is 0.783 bits per heavy atom. The normalized spacial score (nSPS) is 9.78. The number of carbonyl (C=O) groups is 2. The van der Waals surface area contributed by atoms with E-state index in [9.17, 15) is 22.8 Å². The smallest absolute Gasteiger partial charge is 0.336 e. The molecule has 0 radical (unpaired) electrons. The van der Waals surface area contributed by atoms with Gasteiger partial charge < -0.3 is 10.2 Å². The highest BCUT2D eigenvalue weighted by atomic mass is 79.9. The van der Waals surface area contributed by atoms with Crippen molar-refractivity contribution in [1.82, 2.24) is 0 Å². The first kappa shape index (κ1) is 19.2. The monoisotopic (exact) mass is 454 g/mol. The van der Waals surface area contributed by atoms with E-state index in [1.807, 2.05) is 0 Å². The van der Waals surface area contributed by atoms with Crippen molar-refractivity contribution in [3.63, 3.8) is 0 Å². The third-order valence-corrected chi connectivity index (χ3v) is 3.71. The predicted octanol–water partition coefficient (Wildman–Crippen LogP) is 4.71. The summed E-state index contributed by atoms with van der Waals surface area (Å²) in [7, 11) is 0. The van der Waals surface area contributed by atoms with Crippen molar-refractivity contribution in [2.45, 2.75) is 0 Å². The molecule has 9 heteroatoms. The molecule has 0 amide bonds. The lowest BCUT2D eigenvalue weighted by atomic mass is 10.2. The third kappa shape index (κ3) is 5.36. The lowest BCUT2D eigenvalue weighted by molar-refractivity contribution is 0.0684. The number of hydrogen-bond acceptors (Lipinski definition) is 2. The quantitative estimate of drug-likeness (QED) is 0.643. The Morgan fingerprint density at radius 2 is 1.26 bits per heavy atom. The first-order valence-electron chi connectivity index (χ1n) is 5.69. The lowest BCUT2D eigenvalue weighted by Crippen LogP contribution is -1.99. The predicted molar refractivity (Wildman–Crippen MR) is 82.1 cm³/mol. The average molecular weight is 456 g/mol. The highest BCUT2D eigenvalue weighted by Gasteiger charge is 2.12. The molecule has 0 bridgehead atoms. The second kappa shape index (κ2) is 8.11. The zero-order chi connectivity index (χ0) is 17.7. The summed E-state index contributed by atoms with van der Waals surface area (Å²) >= 11 is 5.72. The van der Waals surface area contributed by atoms with Crippen molar-refractivity contribution in [1.29, 1.82) is 0 Å². The van der Waals surface area contributed by atoms with Crippen LogP contribution < -0.4 is 0 Å². The number of halogens is 5. The first-order valence-corrected chi connectivity index (χ1v) is 7.28. The van der Waals surface area contributed by atoms with E-state index in [1.54, 1.807) is 0 Å². The zero-order valence-electron chi connectivity index (χ0n) is 11.0. The van der Waals surface area contributed by atoms with Crippen LogP contribution in [0.4, 0.5) is 13.2 Å². The molecule has 0 unspecified atom stereocenters. The minimum atomic E-state index is -1.30. The fraction of sp³-hybridized carbons (Fsp3) is 0. The molecule has 2 N–H and O–H groups in total. The summed E-state index contributed by atoms with van der Waals surface area (Å²) in [5.41, 5.74) is -0.236. The molecular formula is C14H7Br2F3O4. The summed E-state index contributed by atoms with van der Waals surface area (Å²) in [6.07, 6.45) is 0. The fourth-order valence-electron chi connectivity index (χ4n) is 1.35. The van der Waals surface area contributed by atoms with Crippen LogP contribution in [0.3, 0.4) is 0 Å². The maximum absolute atomic E-state index is 12.5. The second-order valence-corrected chi connectivity index (χ2v) is 5.69. The van der Waals surface area contributed by atoms with Gasteiger partial charge in [-0.15, -0.1) is 0 Å². The van der Waals surface area contributed by atoms with Crippen molar-refractivity contribution in [2.75, 3.05) is 0 Å². The van der Waals surface area contributed by atoms with Gasteiger partial charge in [0.2, 0.25) is 0 Å². The van der Waals surface area contributed by atoms with Gasteiger partial charge in [0.05, 0.1) is 11.1 Å².